The lowest BCUT2D eigenvalue weighted by atomic mass is 10.0. The maximum absolute atomic E-state index is 5.14. The quantitative estimate of drug-likeness (QED) is 0.176. The van der Waals surface area contributed by atoms with E-state index < -0.39 is 0 Å². The van der Waals surface area contributed by atoms with Gasteiger partial charge in [-0.1, -0.05) is 91.7 Å². The number of benzene rings is 2. The number of unbranched alkanes of at least 4 members (excludes halogenated alkanes) is 3. The highest BCUT2D eigenvalue weighted by atomic mass is 14.8. The number of aliphatic imine (C=N–C) groups is 2. The van der Waals surface area contributed by atoms with E-state index in [0.717, 1.165) is 74.9 Å². The van der Waals surface area contributed by atoms with Gasteiger partial charge in [0.15, 0.2) is 0 Å². The zero-order valence-corrected chi connectivity index (χ0v) is 22.6. The van der Waals surface area contributed by atoms with Crippen LogP contribution in [-0.2, 0) is 25.7 Å². The minimum atomic E-state index is 0.987. The van der Waals surface area contributed by atoms with Gasteiger partial charge < -0.3 is 0 Å². The average molecular weight is 461 g/mol. The first kappa shape index (κ1) is 28.0. The van der Waals surface area contributed by atoms with Crippen molar-refractivity contribution in [3.05, 3.63) is 58.7 Å². The zero-order valence-electron chi connectivity index (χ0n) is 22.6. The molecule has 0 N–H and O–H groups in total. The Morgan fingerprint density at radius 3 is 1.47 bits per heavy atom. The van der Waals surface area contributed by atoms with E-state index in [9.17, 15) is 0 Å². The van der Waals surface area contributed by atoms with Crippen LogP contribution in [0.25, 0.3) is 0 Å². The van der Waals surface area contributed by atoms with E-state index in [2.05, 4.69) is 71.0 Å². The molecule has 0 spiro atoms. The van der Waals surface area contributed by atoms with E-state index in [0.29, 0.717) is 0 Å². The summed E-state index contributed by atoms with van der Waals surface area (Å²) in [6, 6.07) is 13.8. The van der Waals surface area contributed by atoms with Gasteiger partial charge in [-0.05, 0) is 85.0 Å². The first-order valence-corrected chi connectivity index (χ1v) is 14.0. The third-order valence-corrected chi connectivity index (χ3v) is 6.15. The summed E-state index contributed by atoms with van der Waals surface area (Å²) < 4.78 is 0. The normalized spacial score (nSPS) is 12.1. The summed E-state index contributed by atoms with van der Waals surface area (Å²) in [5.74, 6) is 0. The maximum Gasteiger partial charge on any atom is 0.0639 e. The molecule has 0 unspecified atom stereocenters. The van der Waals surface area contributed by atoms with Crippen LogP contribution < -0.4 is 0 Å². The van der Waals surface area contributed by atoms with Crippen LogP contribution in [0.5, 0.6) is 0 Å². The van der Waals surface area contributed by atoms with Crippen LogP contribution in [-0.4, -0.2) is 11.9 Å². The Kier molecular flexibility index (Phi) is 13.5. The Bertz CT molecular complexity index is 859. The summed E-state index contributed by atoms with van der Waals surface area (Å²) in [4.78, 5) is 10.1. The molecule has 186 valence electrons. The van der Waals surface area contributed by atoms with Crippen molar-refractivity contribution < 1.29 is 0 Å². The maximum atomic E-state index is 5.14. The van der Waals surface area contributed by atoms with Crippen molar-refractivity contribution in [3.8, 4) is 0 Å². The van der Waals surface area contributed by atoms with Gasteiger partial charge in [-0.2, -0.15) is 0 Å². The van der Waals surface area contributed by atoms with Gasteiger partial charge in [0.2, 0.25) is 0 Å². The van der Waals surface area contributed by atoms with E-state index >= 15 is 0 Å². The van der Waals surface area contributed by atoms with E-state index in [1.807, 2.05) is 6.21 Å². The van der Waals surface area contributed by atoms with Gasteiger partial charge in [-0.25, -0.2) is 0 Å². The van der Waals surface area contributed by atoms with Gasteiger partial charge in [0.25, 0.3) is 0 Å². The SMILES string of the molecule is CCCCCCC(C=Nc1cc(CCC)cc(CCC)c1)=Nc1cc(CCC)cc(CCC)c1. The predicted molar refractivity (Wildman–Crippen MR) is 153 cm³/mol. The highest BCUT2D eigenvalue weighted by Gasteiger charge is 2.05. The highest BCUT2D eigenvalue weighted by Crippen LogP contribution is 2.23. The fourth-order valence-electron chi connectivity index (χ4n) is 4.55. The Balaban J connectivity index is 2.37. The molecule has 0 saturated carbocycles. The van der Waals surface area contributed by atoms with Crippen LogP contribution in [0.3, 0.4) is 0 Å². The lowest BCUT2D eigenvalue weighted by molar-refractivity contribution is 0.684. The minimum absolute atomic E-state index is 0.987. The first-order chi connectivity index (χ1) is 16.6. The van der Waals surface area contributed by atoms with Crippen molar-refractivity contribution in [2.24, 2.45) is 9.98 Å². The summed E-state index contributed by atoms with van der Waals surface area (Å²) in [7, 11) is 0. The molecule has 0 aliphatic carbocycles. The second kappa shape index (κ2) is 16.4. The fraction of sp³-hybridized carbons (Fsp3) is 0.562. The Morgan fingerprint density at radius 2 is 1.03 bits per heavy atom. The molecule has 2 aromatic rings. The summed E-state index contributed by atoms with van der Waals surface area (Å²) in [5, 5.41) is 0. The van der Waals surface area contributed by atoms with Crippen molar-refractivity contribution >= 4 is 23.3 Å². The second-order valence-electron chi connectivity index (χ2n) is 9.69. The molecule has 0 radical (unpaired) electrons. The number of aryl methyl sites for hydroxylation is 4. The van der Waals surface area contributed by atoms with E-state index in [4.69, 9.17) is 9.98 Å². The van der Waals surface area contributed by atoms with Crippen molar-refractivity contribution in [2.45, 2.75) is 118 Å². The number of hydrogen-bond acceptors (Lipinski definition) is 2. The van der Waals surface area contributed by atoms with Crippen LogP contribution in [0.2, 0.25) is 0 Å². The van der Waals surface area contributed by atoms with Crippen LogP contribution in [0.4, 0.5) is 11.4 Å². The topological polar surface area (TPSA) is 24.7 Å². The van der Waals surface area contributed by atoms with Crippen LogP contribution >= 0.6 is 0 Å². The summed E-state index contributed by atoms with van der Waals surface area (Å²) >= 11 is 0. The molecule has 34 heavy (non-hydrogen) atoms. The lowest BCUT2D eigenvalue weighted by Crippen LogP contribution is -2.00. The summed E-state index contributed by atoms with van der Waals surface area (Å²) in [6.07, 6.45) is 17.1. The van der Waals surface area contributed by atoms with Crippen LogP contribution in [0.15, 0.2) is 46.4 Å². The molecule has 2 rings (SSSR count). The zero-order chi connectivity index (χ0) is 24.6. The average Bonchev–Trinajstić information content (AvgIpc) is 2.81. The highest BCUT2D eigenvalue weighted by molar-refractivity contribution is 6.31. The van der Waals surface area contributed by atoms with Gasteiger partial charge in [0.1, 0.15) is 0 Å². The molecule has 0 bridgehead atoms. The van der Waals surface area contributed by atoms with Gasteiger partial charge in [0, 0.05) is 6.21 Å². The molecule has 0 fully saturated rings. The molecule has 2 nitrogen and oxygen atoms in total. The molecule has 0 aliphatic rings. The molecule has 2 aromatic carbocycles. The van der Waals surface area contributed by atoms with E-state index in [-0.39, 0.29) is 0 Å². The van der Waals surface area contributed by atoms with Gasteiger partial charge in [-0.3, -0.25) is 9.98 Å². The van der Waals surface area contributed by atoms with Crippen molar-refractivity contribution in [1.29, 1.82) is 0 Å². The molecular formula is C32H48N2. The smallest absolute Gasteiger partial charge is 0.0639 e. The first-order valence-electron chi connectivity index (χ1n) is 14.0. The van der Waals surface area contributed by atoms with Gasteiger partial charge >= 0.3 is 0 Å². The molecule has 0 aliphatic heterocycles. The van der Waals surface area contributed by atoms with E-state index in [1.165, 1.54) is 47.9 Å². The summed E-state index contributed by atoms with van der Waals surface area (Å²) in [6.45, 7) is 11.3. The molecule has 2 heteroatoms. The van der Waals surface area contributed by atoms with Crippen LogP contribution in [0.1, 0.15) is 115 Å². The van der Waals surface area contributed by atoms with Gasteiger partial charge in [0.05, 0.1) is 17.1 Å². The van der Waals surface area contributed by atoms with Crippen molar-refractivity contribution in [3.63, 3.8) is 0 Å². The molecular weight excluding hydrogens is 412 g/mol. The van der Waals surface area contributed by atoms with E-state index in [1.54, 1.807) is 0 Å². The molecule has 0 heterocycles. The van der Waals surface area contributed by atoms with Crippen LogP contribution in [0, 0.1) is 0 Å². The number of hydrogen-bond donors (Lipinski definition) is 0. The second-order valence-corrected chi connectivity index (χ2v) is 9.69. The van der Waals surface area contributed by atoms with Crippen molar-refractivity contribution in [2.75, 3.05) is 0 Å². The fourth-order valence-corrected chi connectivity index (χ4v) is 4.55. The lowest BCUT2D eigenvalue weighted by Gasteiger charge is -2.09. The van der Waals surface area contributed by atoms with Crippen molar-refractivity contribution in [1.82, 2.24) is 0 Å². The third kappa shape index (κ3) is 10.4. The predicted octanol–water partition coefficient (Wildman–Crippen LogP) is 9.94. The standard InChI is InChI=1S/C32H48N2/c1-6-11-12-13-18-30(34-32-23-28(16-9-4)20-29(24-32)17-10-5)25-33-31-21-26(14-7-2)19-27(22-31)15-8-3/h19-25H,6-18H2,1-5H3. The Morgan fingerprint density at radius 1 is 0.559 bits per heavy atom. The molecule has 0 aromatic heterocycles. The largest absolute Gasteiger partial charge is 0.255 e. The molecule has 0 saturated heterocycles. The Hall–Kier alpha value is -2.22. The van der Waals surface area contributed by atoms with Gasteiger partial charge in [-0.15, -0.1) is 0 Å². The minimum Gasteiger partial charge on any atom is -0.255 e. The third-order valence-electron chi connectivity index (χ3n) is 6.15. The molecule has 0 amide bonds. The number of rotatable bonds is 16. The monoisotopic (exact) mass is 460 g/mol. The Labute approximate surface area is 210 Å². The molecule has 0 atom stereocenters. The summed E-state index contributed by atoms with van der Waals surface area (Å²) in [5.41, 5.74) is 8.89. The number of nitrogens with zero attached hydrogens (tertiary/aromatic N) is 2.